The van der Waals surface area contributed by atoms with Gasteiger partial charge in [-0.1, -0.05) is 45.3 Å². The Bertz CT molecular complexity index is 174. The second-order valence-electron chi connectivity index (χ2n) is 4.76. The van der Waals surface area contributed by atoms with Crippen LogP contribution in [0.1, 0.15) is 65.2 Å². The largest absolute Gasteiger partial charge is 0.308 e. The molecule has 0 aromatic rings. The Morgan fingerprint density at radius 3 is 2.73 bits per heavy atom. The summed E-state index contributed by atoms with van der Waals surface area (Å²) in [5.41, 5.74) is 0. The van der Waals surface area contributed by atoms with Gasteiger partial charge in [0.2, 0.25) is 0 Å². The van der Waals surface area contributed by atoms with Gasteiger partial charge in [0.25, 0.3) is 0 Å². The summed E-state index contributed by atoms with van der Waals surface area (Å²) < 4.78 is 0. The summed E-state index contributed by atoms with van der Waals surface area (Å²) in [7, 11) is 0. The molecule has 15 heavy (non-hydrogen) atoms. The van der Waals surface area contributed by atoms with Crippen molar-refractivity contribution in [1.29, 1.82) is 0 Å². The predicted octanol–water partition coefficient (Wildman–Crippen LogP) is 4.04. The Labute approximate surface area is 95.3 Å². The maximum Gasteiger partial charge on any atom is 0.0252 e. The lowest BCUT2D eigenvalue weighted by Crippen LogP contribution is -2.37. The van der Waals surface area contributed by atoms with Crippen LogP contribution in [0.4, 0.5) is 0 Å². The van der Waals surface area contributed by atoms with Gasteiger partial charge in [0.15, 0.2) is 0 Å². The monoisotopic (exact) mass is 209 g/mol. The molecule has 1 rings (SSSR count). The lowest BCUT2D eigenvalue weighted by Gasteiger charge is -2.25. The van der Waals surface area contributed by atoms with Crippen molar-refractivity contribution in [3.8, 4) is 0 Å². The molecule has 2 unspecified atom stereocenters. The molecule has 0 aliphatic heterocycles. The number of nitrogens with one attached hydrogen (secondary N) is 1. The van der Waals surface area contributed by atoms with Gasteiger partial charge in [-0.25, -0.2) is 0 Å². The minimum atomic E-state index is 0.659. The van der Waals surface area contributed by atoms with E-state index in [0.717, 1.165) is 6.04 Å². The van der Waals surface area contributed by atoms with Gasteiger partial charge in [-0.05, 0) is 32.1 Å². The van der Waals surface area contributed by atoms with Crippen molar-refractivity contribution in [2.75, 3.05) is 0 Å². The maximum atomic E-state index is 3.80. The summed E-state index contributed by atoms with van der Waals surface area (Å²) in [4.78, 5) is 0. The molecule has 0 saturated carbocycles. The molecule has 1 aliphatic carbocycles. The lowest BCUT2D eigenvalue weighted by molar-refractivity contribution is 0.388. The van der Waals surface area contributed by atoms with Gasteiger partial charge in [0.1, 0.15) is 0 Å². The smallest absolute Gasteiger partial charge is 0.0252 e. The first-order chi connectivity index (χ1) is 7.36. The number of allylic oxidation sites excluding steroid dienone is 1. The lowest BCUT2D eigenvalue weighted by atomic mass is 9.99. The predicted molar refractivity (Wildman–Crippen MR) is 68.1 cm³/mol. The molecule has 88 valence electrons. The van der Waals surface area contributed by atoms with Crippen LogP contribution in [0.15, 0.2) is 12.2 Å². The van der Waals surface area contributed by atoms with E-state index in [-0.39, 0.29) is 0 Å². The van der Waals surface area contributed by atoms with E-state index in [2.05, 4.69) is 31.3 Å². The van der Waals surface area contributed by atoms with Gasteiger partial charge < -0.3 is 5.32 Å². The topological polar surface area (TPSA) is 12.0 Å². The van der Waals surface area contributed by atoms with E-state index in [0.29, 0.717) is 6.04 Å². The zero-order valence-corrected chi connectivity index (χ0v) is 10.5. The number of unbranched alkanes of at least 4 members (excludes halogenated alkanes) is 1. The minimum Gasteiger partial charge on any atom is -0.308 e. The molecule has 0 bridgehead atoms. The van der Waals surface area contributed by atoms with E-state index >= 15 is 0 Å². The van der Waals surface area contributed by atoms with E-state index < -0.39 is 0 Å². The highest BCUT2D eigenvalue weighted by molar-refractivity contribution is 4.98. The summed E-state index contributed by atoms with van der Waals surface area (Å²) in [6.07, 6.45) is 15.4. The highest BCUT2D eigenvalue weighted by atomic mass is 14.9. The van der Waals surface area contributed by atoms with Crippen LogP contribution in [0, 0.1) is 0 Å². The number of hydrogen-bond acceptors (Lipinski definition) is 1. The highest BCUT2D eigenvalue weighted by Crippen LogP contribution is 2.14. The minimum absolute atomic E-state index is 0.659. The molecular weight excluding hydrogens is 182 g/mol. The second kappa shape index (κ2) is 7.92. The van der Waals surface area contributed by atoms with Crippen LogP contribution in [0.2, 0.25) is 0 Å². The first-order valence-corrected chi connectivity index (χ1v) is 6.79. The molecular formula is C14H27N. The van der Waals surface area contributed by atoms with Crippen LogP contribution >= 0.6 is 0 Å². The van der Waals surface area contributed by atoms with E-state index in [1.165, 1.54) is 51.4 Å². The third-order valence-corrected chi connectivity index (χ3v) is 3.25. The summed E-state index contributed by atoms with van der Waals surface area (Å²) in [5, 5.41) is 3.80. The van der Waals surface area contributed by atoms with Gasteiger partial charge in [0, 0.05) is 12.1 Å². The normalized spacial score (nSPS) is 22.9. The SMILES string of the molecule is CCCCC(CCC)NC1C=CCCC1. The molecule has 0 radical (unpaired) electrons. The Kier molecular flexibility index (Phi) is 6.74. The third-order valence-electron chi connectivity index (χ3n) is 3.25. The first kappa shape index (κ1) is 12.8. The Balaban J connectivity index is 2.28. The van der Waals surface area contributed by atoms with Crippen LogP contribution in [0.3, 0.4) is 0 Å². The summed E-state index contributed by atoms with van der Waals surface area (Å²) in [6.45, 7) is 4.57. The summed E-state index contributed by atoms with van der Waals surface area (Å²) >= 11 is 0. The summed E-state index contributed by atoms with van der Waals surface area (Å²) in [6, 6.07) is 1.41. The van der Waals surface area contributed by atoms with Crippen molar-refractivity contribution >= 4 is 0 Å². The quantitative estimate of drug-likeness (QED) is 0.624. The zero-order valence-electron chi connectivity index (χ0n) is 10.5. The van der Waals surface area contributed by atoms with E-state index in [9.17, 15) is 0 Å². The van der Waals surface area contributed by atoms with Crippen molar-refractivity contribution < 1.29 is 0 Å². The fourth-order valence-electron chi connectivity index (χ4n) is 2.36. The molecule has 1 nitrogen and oxygen atoms in total. The molecule has 2 atom stereocenters. The molecule has 0 spiro atoms. The van der Waals surface area contributed by atoms with Crippen LogP contribution in [-0.4, -0.2) is 12.1 Å². The van der Waals surface area contributed by atoms with Crippen LogP contribution in [-0.2, 0) is 0 Å². The number of hydrogen-bond donors (Lipinski definition) is 1. The molecule has 1 N–H and O–H groups in total. The van der Waals surface area contributed by atoms with Crippen LogP contribution in [0.25, 0.3) is 0 Å². The molecule has 1 aliphatic rings. The average Bonchev–Trinajstić information content (AvgIpc) is 2.28. The van der Waals surface area contributed by atoms with Crippen molar-refractivity contribution in [2.45, 2.75) is 77.3 Å². The summed E-state index contributed by atoms with van der Waals surface area (Å²) in [5.74, 6) is 0. The van der Waals surface area contributed by atoms with E-state index in [1.54, 1.807) is 0 Å². The number of rotatable bonds is 7. The van der Waals surface area contributed by atoms with Gasteiger partial charge in [0.05, 0.1) is 0 Å². The fraction of sp³-hybridized carbons (Fsp3) is 0.857. The molecule has 0 aromatic heterocycles. The van der Waals surface area contributed by atoms with Gasteiger partial charge in [-0.2, -0.15) is 0 Å². The van der Waals surface area contributed by atoms with Crippen molar-refractivity contribution in [3.05, 3.63) is 12.2 Å². The van der Waals surface area contributed by atoms with Crippen LogP contribution in [0.5, 0.6) is 0 Å². The van der Waals surface area contributed by atoms with E-state index in [1.807, 2.05) is 0 Å². The average molecular weight is 209 g/mol. The Hall–Kier alpha value is -0.300. The van der Waals surface area contributed by atoms with Crippen LogP contribution < -0.4 is 5.32 Å². The maximum absolute atomic E-state index is 3.80. The molecule has 0 aromatic carbocycles. The third kappa shape index (κ3) is 5.36. The fourth-order valence-corrected chi connectivity index (χ4v) is 2.36. The Morgan fingerprint density at radius 2 is 2.13 bits per heavy atom. The van der Waals surface area contributed by atoms with Crippen molar-refractivity contribution in [2.24, 2.45) is 0 Å². The molecule has 0 saturated heterocycles. The van der Waals surface area contributed by atoms with Crippen molar-refractivity contribution in [3.63, 3.8) is 0 Å². The second-order valence-corrected chi connectivity index (χ2v) is 4.76. The zero-order chi connectivity index (χ0) is 10.9. The van der Waals surface area contributed by atoms with E-state index in [4.69, 9.17) is 0 Å². The molecule has 0 fully saturated rings. The standard InChI is InChI=1S/C14H27N/c1-3-5-10-13(9-4-2)15-14-11-7-6-8-12-14/h7,11,13-15H,3-6,8-10,12H2,1-2H3. The van der Waals surface area contributed by atoms with Crippen molar-refractivity contribution in [1.82, 2.24) is 5.32 Å². The Morgan fingerprint density at radius 1 is 1.27 bits per heavy atom. The highest BCUT2D eigenvalue weighted by Gasteiger charge is 2.13. The van der Waals surface area contributed by atoms with Gasteiger partial charge >= 0.3 is 0 Å². The molecule has 1 heteroatoms. The molecule has 0 heterocycles. The van der Waals surface area contributed by atoms with Gasteiger partial charge in [-0.3, -0.25) is 0 Å². The first-order valence-electron chi connectivity index (χ1n) is 6.79. The molecule has 0 amide bonds. The van der Waals surface area contributed by atoms with Gasteiger partial charge in [-0.15, -0.1) is 0 Å².